The Morgan fingerprint density at radius 3 is 2.58 bits per heavy atom. The van der Waals surface area contributed by atoms with Crippen LogP contribution in [0.25, 0.3) is 0 Å². The van der Waals surface area contributed by atoms with Crippen molar-refractivity contribution in [1.29, 1.82) is 5.26 Å². The summed E-state index contributed by atoms with van der Waals surface area (Å²) in [5.41, 5.74) is -0.630. The molecule has 0 heterocycles. The van der Waals surface area contributed by atoms with Gasteiger partial charge in [0.05, 0.1) is 17.2 Å². The van der Waals surface area contributed by atoms with Crippen molar-refractivity contribution < 1.29 is 13.2 Å². The topological polar surface area (TPSA) is 35.8 Å². The predicted molar refractivity (Wildman–Crippen MR) is 67.3 cm³/mol. The third kappa shape index (κ3) is 4.56. The molecular weight excluding hydrogens is 253 g/mol. The van der Waals surface area contributed by atoms with Crippen LogP contribution in [0.15, 0.2) is 18.2 Å². The molecule has 0 saturated heterocycles. The van der Waals surface area contributed by atoms with Crippen molar-refractivity contribution in [2.45, 2.75) is 25.4 Å². The van der Waals surface area contributed by atoms with Crippen LogP contribution in [0.4, 0.5) is 18.9 Å². The van der Waals surface area contributed by atoms with Crippen LogP contribution in [-0.4, -0.2) is 6.54 Å². The number of terminal acetylenes is 1. The Labute approximate surface area is 110 Å². The van der Waals surface area contributed by atoms with Gasteiger partial charge in [-0.1, -0.05) is 0 Å². The lowest BCUT2D eigenvalue weighted by molar-refractivity contribution is -0.136. The fraction of sp³-hybridized carbons (Fsp3) is 0.357. The minimum Gasteiger partial charge on any atom is -0.385 e. The van der Waals surface area contributed by atoms with Crippen LogP contribution < -0.4 is 5.32 Å². The van der Waals surface area contributed by atoms with Crippen molar-refractivity contribution in [3.63, 3.8) is 0 Å². The Kier molecular flexibility index (Phi) is 5.26. The summed E-state index contributed by atoms with van der Waals surface area (Å²) in [4.78, 5) is 0. The molecule has 0 spiro atoms. The number of nitrogens with one attached hydrogen (secondary N) is 1. The molecule has 2 nitrogen and oxygen atoms in total. The normalized spacial score (nSPS) is 10.6. The van der Waals surface area contributed by atoms with Crippen molar-refractivity contribution in [3.8, 4) is 18.4 Å². The number of unbranched alkanes of at least 4 members (excludes halogenated alkanes) is 2. The fourth-order valence-corrected chi connectivity index (χ4v) is 1.58. The molecule has 1 aromatic carbocycles. The van der Waals surface area contributed by atoms with Gasteiger partial charge in [-0.25, -0.2) is 0 Å². The highest BCUT2D eigenvalue weighted by atomic mass is 19.4. The van der Waals surface area contributed by atoms with Crippen LogP contribution in [-0.2, 0) is 6.18 Å². The van der Waals surface area contributed by atoms with E-state index in [0.717, 1.165) is 18.6 Å². The SMILES string of the molecule is C#CCCCCNc1cc(C#N)ccc1C(F)(F)F. The van der Waals surface area contributed by atoms with Gasteiger partial charge in [0.1, 0.15) is 0 Å². The number of alkyl halides is 3. The summed E-state index contributed by atoms with van der Waals surface area (Å²) in [6, 6.07) is 5.11. The molecule has 1 N–H and O–H groups in total. The van der Waals surface area contributed by atoms with E-state index in [-0.39, 0.29) is 11.3 Å². The van der Waals surface area contributed by atoms with Gasteiger partial charge in [0, 0.05) is 18.7 Å². The zero-order chi connectivity index (χ0) is 14.3. The molecule has 1 aromatic rings. The van der Waals surface area contributed by atoms with Crippen molar-refractivity contribution in [3.05, 3.63) is 29.3 Å². The van der Waals surface area contributed by atoms with E-state index in [0.29, 0.717) is 19.4 Å². The number of halogens is 3. The quantitative estimate of drug-likeness (QED) is 0.650. The van der Waals surface area contributed by atoms with Gasteiger partial charge in [-0.05, 0) is 31.0 Å². The smallest absolute Gasteiger partial charge is 0.385 e. The lowest BCUT2D eigenvalue weighted by atomic mass is 10.1. The molecule has 19 heavy (non-hydrogen) atoms. The molecule has 1 rings (SSSR count). The first-order valence-corrected chi connectivity index (χ1v) is 5.77. The molecule has 0 aliphatic carbocycles. The van der Waals surface area contributed by atoms with Crippen LogP contribution in [0.5, 0.6) is 0 Å². The average Bonchev–Trinajstić information content (AvgIpc) is 2.37. The third-order valence-corrected chi connectivity index (χ3v) is 2.52. The summed E-state index contributed by atoms with van der Waals surface area (Å²) in [6.45, 7) is 0.389. The molecule has 5 heteroatoms. The van der Waals surface area contributed by atoms with E-state index in [9.17, 15) is 13.2 Å². The number of hydrogen-bond donors (Lipinski definition) is 1. The minimum atomic E-state index is -4.44. The maximum Gasteiger partial charge on any atom is 0.418 e. The summed E-state index contributed by atoms with van der Waals surface area (Å²) >= 11 is 0. The highest BCUT2D eigenvalue weighted by Crippen LogP contribution is 2.35. The van der Waals surface area contributed by atoms with Crippen molar-refractivity contribution >= 4 is 5.69 Å². The van der Waals surface area contributed by atoms with Crippen LogP contribution in [0.2, 0.25) is 0 Å². The van der Waals surface area contributed by atoms with Gasteiger partial charge < -0.3 is 5.32 Å². The lowest BCUT2D eigenvalue weighted by Gasteiger charge is -2.14. The number of anilines is 1. The maximum absolute atomic E-state index is 12.8. The molecule has 100 valence electrons. The van der Waals surface area contributed by atoms with Crippen LogP contribution in [0.3, 0.4) is 0 Å². The molecule has 0 bridgehead atoms. The number of hydrogen-bond acceptors (Lipinski definition) is 2. The van der Waals surface area contributed by atoms with Gasteiger partial charge >= 0.3 is 6.18 Å². The highest BCUT2D eigenvalue weighted by Gasteiger charge is 2.33. The van der Waals surface area contributed by atoms with Gasteiger partial charge in [0.2, 0.25) is 0 Å². The molecule has 0 aromatic heterocycles. The number of nitriles is 1. The molecule has 0 radical (unpaired) electrons. The van der Waals surface area contributed by atoms with E-state index < -0.39 is 11.7 Å². The van der Waals surface area contributed by atoms with E-state index in [4.69, 9.17) is 11.7 Å². The Morgan fingerprint density at radius 1 is 1.26 bits per heavy atom. The van der Waals surface area contributed by atoms with Crippen molar-refractivity contribution in [2.24, 2.45) is 0 Å². The van der Waals surface area contributed by atoms with Crippen LogP contribution in [0, 0.1) is 23.7 Å². The first-order chi connectivity index (χ1) is 8.99. The lowest BCUT2D eigenvalue weighted by Crippen LogP contribution is -2.12. The summed E-state index contributed by atoms with van der Waals surface area (Å²) in [5, 5.41) is 11.4. The number of nitrogens with zero attached hydrogens (tertiary/aromatic N) is 1. The molecule has 0 unspecified atom stereocenters. The highest BCUT2D eigenvalue weighted by molar-refractivity contribution is 5.56. The second-order valence-corrected chi connectivity index (χ2v) is 3.96. The molecule has 0 saturated carbocycles. The van der Waals surface area contributed by atoms with Gasteiger partial charge in [0.25, 0.3) is 0 Å². The van der Waals surface area contributed by atoms with E-state index >= 15 is 0 Å². The van der Waals surface area contributed by atoms with Crippen LogP contribution >= 0.6 is 0 Å². The molecule has 0 atom stereocenters. The number of rotatable bonds is 5. The third-order valence-electron chi connectivity index (χ3n) is 2.52. The van der Waals surface area contributed by atoms with Gasteiger partial charge in [-0.2, -0.15) is 18.4 Å². The minimum absolute atomic E-state index is 0.0627. The Balaban J connectivity index is 2.79. The maximum atomic E-state index is 12.8. The van der Waals surface area contributed by atoms with Crippen molar-refractivity contribution in [1.82, 2.24) is 0 Å². The van der Waals surface area contributed by atoms with E-state index in [1.807, 2.05) is 6.07 Å². The van der Waals surface area contributed by atoms with Crippen molar-refractivity contribution in [2.75, 3.05) is 11.9 Å². The van der Waals surface area contributed by atoms with E-state index in [2.05, 4.69) is 11.2 Å². The average molecular weight is 266 g/mol. The van der Waals surface area contributed by atoms with E-state index in [1.165, 1.54) is 6.07 Å². The summed E-state index contributed by atoms with van der Waals surface area (Å²) in [7, 11) is 0. The zero-order valence-electron chi connectivity index (χ0n) is 10.2. The molecule has 0 aliphatic heterocycles. The predicted octanol–water partition coefficient (Wildman–Crippen LogP) is 3.79. The second-order valence-electron chi connectivity index (χ2n) is 3.96. The first-order valence-electron chi connectivity index (χ1n) is 5.77. The van der Waals surface area contributed by atoms with Gasteiger partial charge in [-0.3, -0.25) is 0 Å². The Bertz CT molecular complexity index is 507. The van der Waals surface area contributed by atoms with Gasteiger partial charge in [-0.15, -0.1) is 12.3 Å². The zero-order valence-corrected chi connectivity index (χ0v) is 10.2. The largest absolute Gasteiger partial charge is 0.418 e. The standard InChI is InChI=1S/C14H13F3N2/c1-2-3-4-5-8-19-13-9-11(10-18)6-7-12(13)14(15,16)17/h1,6-7,9,19H,3-5,8H2. The number of benzene rings is 1. The van der Waals surface area contributed by atoms with Gasteiger partial charge in [0.15, 0.2) is 0 Å². The molecule has 0 amide bonds. The molecule has 0 fully saturated rings. The fourth-order valence-electron chi connectivity index (χ4n) is 1.58. The Hall–Kier alpha value is -2.14. The summed E-state index contributed by atoms with van der Waals surface area (Å²) in [5.74, 6) is 2.47. The van der Waals surface area contributed by atoms with Crippen LogP contribution in [0.1, 0.15) is 30.4 Å². The van der Waals surface area contributed by atoms with E-state index in [1.54, 1.807) is 0 Å². The Morgan fingerprint density at radius 2 is 2.00 bits per heavy atom. The molecule has 0 aliphatic rings. The summed E-state index contributed by atoms with van der Waals surface area (Å²) in [6.07, 6.45) is 2.69. The molecular formula is C14H13F3N2. The first kappa shape index (κ1) is 14.9. The monoisotopic (exact) mass is 266 g/mol. The summed E-state index contributed by atoms with van der Waals surface area (Å²) < 4.78 is 38.3. The second kappa shape index (κ2) is 6.70.